The van der Waals surface area contributed by atoms with Crippen LogP contribution in [0.5, 0.6) is 0 Å². The predicted molar refractivity (Wildman–Crippen MR) is 77.9 cm³/mol. The highest BCUT2D eigenvalue weighted by Crippen LogP contribution is 2.30. The van der Waals surface area contributed by atoms with Crippen LogP contribution < -0.4 is 10.2 Å². The summed E-state index contributed by atoms with van der Waals surface area (Å²) in [7, 11) is 0. The van der Waals surface area contributed by atoms with Crippen molar-refractivity contribution in [3.05, 3.63) is 23.8 Å². The van der Waals surface area contributed by atoms with Crippen molar-refractivity contribution in [3.8, 4) is 0 Å². The van der Waals surface area contributed by atoms with Crippen LogP contribution in [0.4, 0.5) is 11.4 Å². The zero-order chi connectivity index (χ0) is 14.5. The second kappa shape index (κ2) is 6.41. The lowest BCUT2D eigenvalue weighted by atomic mass is 10.1. The molecule has 5 heteroatoms. The zero-order valence-electron chi connectivity index (χ0n) is 11.9. The number of hydrogen-bond acceptors (Lipinski definition) is 4. The van der Waals surface area contributed by atoms with E-state index in [1.807, 2.05) is 18.2 Å². The van der Waals surface area contributed by atoms with Crippen LogP contribution in [-0.2, 0) is 20.7 Å². The lowest BCUT2D eigenvalue weighted by Crippen LogP contribution is -2.25. The van der Waals surface area contributed by atoms with E-state index in [2.05, 4.69) is 21.9 Å². The number of ether oxygens (including phenoxy) is 1. The Morgan fingerprint density at radius 2 is 2.15 bits per heavy atom. The molecular weight excluding hydrogens is 256 g/mol. The molecule has 0 saturated carbocycles. The number of hydrogen-bond donors (Lipinski definition) is 1. The molecule has 1 aromatic rings. The Balaban J connectivity index is 2.05. The molecule has 1 amide bonds. The number of nitrogens with one attached hydrogen (secondary N) is 1. The molecule has 2 rings (SSSR count). The third-order valence-corrected chi connectivity index (χ3v) is 3.28. The molecule has 0 fully saturated rings. The first-order valence-electron chi connectivity index (χ1n) is 7.01. The molecule has 1 aromatic carbocycles. The van der Waals surface area contributed by atoms with Crippen molar-refractivity contribution in [2.45, 2.75) is 26.7 Å². The quantitative estimate of drug-likeness (QED) is 0.674. The summed E-state index contributed by atoms with van der Waals surface area (Å²) in [5.41, 5.74) is 3.07. The maximum atomic E-state index is 11.6. The van der Waals surface area contributed by atoms with Gasteiger partial charge >= 0.3 is 11.9 Å². The first-order chi connectivity index (χ1) is 9.65. The highest BCUT2D eigenvalue weighted by atomic mass is 16.5. The second-order valence-electron chi connectivity index (χ2n) is 4.76. The molecule has 0 atom stereocenters. The van der Waals surface area contributed by atoms with Crippen LogP contribution in [0.3, 0.4) is 0 Å². The third kappa shape index (κ3) is 3.10. The number of carbonyl (C=O) groups is 2. The number of esters is 1. The van der Waals surface area contributed by atoms with Gasteiger partial charge in [0.2, 0.25) is 0 Å². The number of fused-ring (bicyclic) bond motifs is 1. The summed E-state index contributed by atoms with van der Waals surface area (Å²) in [6.07, 6.45) is 2.08. The monoisotopic (exact) mass is 276 g/mol. The summed E-state index contributed by atoms with van der Waals surface area (Å²) in [5, 5.41) is 2.57. The molecule has 108 valence electrons. The summed E-state index contributed by atoms with van der Waals surface area (Å²) >= 11 is 0. The molecule has 1 N–H and O–H groups in total. The van der Waals surface area contributed by atoms with Crippen LogP contribution in [0, 0.1) is 0 Å². The average Bonchev–Trinajstić information content (AvgIpc) is 2.82. The normalized spacial score (nSPS) is 13.0. The van der Waals surface area contributed by atoms with Gasteiger partial charge in [0.1, 0.15) is 0 Å². The molecule has 0 radical (unpaired) electrons. The van der Waals surface area contributed by atoms with E-state index < -0.39 is 11.9 Å². The molecule has 0 aliphatic carbocycles. The van der Waals surface area contributed by atoms with Crippen LogP contribution in [-0.4, -0.2) is 31.6 Å². The summed E-state index contributed by atoms with van der Waals surface area (Å²) in [5.74, 6) is -1.57. The fraction of sp³-hybridized carbons (Fsp3) is 0.467. The van der Waals surface area contributed by atoms with Crippen LogP contribution in [0.15, 0.2) is 18.2 Å². The molecule has 0 saturated heterocycles. The smallest absolute Gasteiger partial charge is 0.397 e. The van der Waals surface area contributed by atoms with Gasteiger partial charge in [0.25, 0.3) is 0 Å². The molecule has 20 heavy (non-hydrogen) atoms. The topological polar surface area (TPSA) is 58.6 Å². The van der Waals surface area contributed by atoms with Gasteiger partial charge in [-0.2, -0.15) is 0 Å². The Kier molecular flexibility index (Phi) is 4.61. The fourth-order valence-corrected chi connectivity index (χ4v) is 2.43. The summed E-state index contributed by atoms with van der Waals surface area (Å²) in [6, 6.07) is 5.75. The zero-order valence-corrected chi connectivity index (χ0v) is 11.9. The second-order valence-corrected chi connectivity index (χ2v) is 4.76. The van der Waals surface area contributed by atoms with E-state index in [-0.39, 0.29) is 6.61 Å². The number of amides is 1. The Hall–Kier alpha value is -2.04. The van der Waals surface area contributed by atoms with Gasteiger partial charge in [0, 0.05) is 24.5 Å². The average molecular weight is 276 g/mol. The Morgan fingerprint density at radius 1 is 1.35 bits per heavy atom. The number of carbonyl (C=O) groups excluding carboxylic acids is 2. The van der Waals surface area contributed by atoms with Gasteiger partial charge in [-0.05, 0) is 43.5 Å². The Bertz CT molecular complexity index is 514. The van der Waals surface area contributed by atoms with Crippen molar-refractivity contribution in [1.29, 1.82) is 0 Å². The van der Waals surface area contributed by atoms with Crippen molar-refractivity contribution >= 4 is 23.3 Å². The largest absolute Gasteiger partial charge is 0.459 e. The first kappa shape index (κ1) is 14.4. The summed E-state index contributed by atoms with van der Waals surface area (Å²) < 4.78 is 4.66. The van der Waals surface area contributed by atoms with Gasteiger partial charge < -0.3 is 15.0 Å². The van der Waals surface area contributed by atoms with Crippen molar-refractivity contribution in [2.24, 2.45) is 0 Å². The molecule has 1 heterocycles. The van der Waals surface area contributed by atoms with Crippen LogP contribution >= 0.6 is 0 Å². The summed E-state index contributed by atoms with van der Waals surface area (Å²) in [4.78, 5) is 25.2. The minimum Gasteiger partial charge on any atom is -0.459 e. The van der Waals surface area contributed by atoms with E-state index in [1.165, 1.54) is 11.3 Å². The van der Waals surface area contributed by atoms with E-state index >= 15 is 0 Å². The molecule has 0 aromatic heterocycles. The molecule has 0 unspecified atom stereocenters. The maximum absolute atomic E-state index is 11.6. The minimum atomic E-state index is -0.847. The van der Waals surface area contributed by atoms with Gasteiger partial charge in [-0.15, -0.1) is 0 Å². The van der Waals surface area contributed by atoms with Gasteiger partial charge in [0.15, 0.2) is 0 Å². The number of benzene rings is 1. The highest BCUT2D eigenvalue weighted by molar-refractivity contribution is 6.37. The predicted octanol–water partition coefficient (Wildman–Crippen LogP) is 1.96. The van der Waals surface area contributed by atoms with Gasteiger partial charge in [-0.25, -0.2) is 4.79 Å². The van der Waals surface area contributed by atoms with Crippen molar-refractivity contribution in [2.75, 3.05) is 29.9 Å². The van der Waals surface area contributed by atoms with Crippen molar-refractivity contribution in [1.82, 2.24) is 0 Å². The van der Waals surface area contributed by atoms with E-state index in [9.17, 15) is 9.59 Å². The van der Waals surface area contributed by atoms with Gasteiger partial charge in [0.05, 0.1) is 6.61 Å². The highest BCUT2D eigenvalue weighted by Gasteiger charge is 2.20. The Labute approximate surface area is 118 Å². The molecule has 5 nitrogen and oxygen atoms in total. The first-order valence-corrected chi connectivity index (χ1v) is 7.01. The van der Waals surface area contributed by atoms with Crippen LogP contribution in [0.2, 0.25) is 0 Å². The number of anilines is 2. The van der Waals surface area contributed by atoms with Gasteiger partial charge in [-0.3, -0.25) is 4.79 Å². The standard InChI is InChI=1S/C15H20N2O3/c1-3-8-17-9-7-11-10-12(5-6-13(11)17)16-14(18)15(19)20-4-2/h5-6,10H,3-4,7-9H2,1-2H3,(H,16,18). The SMILES string of the molecule is CCCN1CCc2cc(NC(=O)C(=O)OCC)ccc21. The van der Waals surface area contributed by atoms with Crippen LogP contribution in [0.25, 0.3) is 0 Å². The van der Waals surface area contributed by atoms with E-state index in [0.717, 1.165) is 25.9 Å². The molecule has 1 aliphatic heterocycles. The van der Waals surface area contributed by atoms with E-state index in [0.29, 0.717) is 5.69 Å². The van der Waals surface area contributed by atoms with E-state index in [1.54, 1.807) is 6.92 Å². The third-order valence-electron chi connectivity index (χ3n) is 3.28. The molecule has 0 spiro atoms. The number of nitrogens with zero attached hydrogens (tertiary/aromatic N) is 1. The van der Waals surface area contributed by atoms with Gasteiger partial charge in [-0.1, -0.05) is 6.92 Å². The summed E-state index contributed by atoms with van der Waals surface area (Å²) in [6.45, 7) is 6.08. The molecular formula is C15H20N2O3. The van der Waals surface area contributed by atoms with Crippen molar-refractivity contribution < 1.29 is 14.3 Å². The minimum absolute atomic E-state index is 0.197. The lowest BCUT2D eigenvalue weighted by Gasteiger charge is -2.18. The van der Waals surface area contributed by atoms with E-state index in [4.69, 9.17) is 0 Å². The Morgan fingerprint density at radius 3 is 2.85 bits per heavy atom. The van der Waals surface area contributed by atoms with Crippen LogP contribution in [0.1, 0.15) is 25.8 Å². The lowest BCUT2D eigenvalue weighted by molar-refractivity contribution is -0.152. The van der Waals surface area contributed by atoms with Crippen molar-refractivity contribution in [3.63, 3.8) is 0 Å². The maximum Gasteiger partial charge on any atom is 0.397 e. The fourth-order valence-electron chi connectivity index (χ4n) is 2.43. The molecule has 1 aliphatic rings. The molecule has 0 bridgehead atoms. The number of rotatable bonds is 4.